The van der Waals surface area contributed by atoms with Crippen molar-refractivity contribution in [2.24, 2.45) is 0 Å². The van der Waals surface area contributed by atoms with Crippen molar-refractivity contribution >= 4 is 0 Å². The molecule has 0 bridgehead atoms. The third-order valence-electron chi connectivity index (χ3n) is 5.29. The molecule has 0 saturated heterocycles. The predicted molar refractivity (Wildman–Crippen MR) is 118 cm³/mol. The molecule has 30 heavy (non-hydrogen) atoms. The molecule has 2 aromatic heterocycles. The summed E-state index contributed by atoms with van der Waals surface area (Å²) >= 11 is 0. The second-order valence-corrected chi connectivity index (χ2v) is 7.95. The van der Waals surface area contributed by atoms with E-state index in [1.807, 2.05) is 30.5 Å². The molecule has 4 rings (SSSR count). The van der Waals surface area contributed by atoms with E-state index in [1.54, 1.807) is 4.68 Å². The molecule has 4 aromatic rings. The lowest BCUT2D eigenvalue weighted by atomic mass is 9.98. The van der Waals surface area contributed by atoms with Gasteiger partial charge in [0.15, 0.2) is 0 Å². The summed E-state index contributed by atoms with van der Waals surface area (Å²) in [5, 5.41) is 17.0. The van der Waals surface area contributed by atoms with Crippen molar-refractivity contribution in [1.29, 1.82) is 0 Å². The van der Waals surface area contributed by atoms with Gasteiger partial charge in [-0.2, -0.15) is 0 Å². The Morgan fingerprint density at radius 3 is 2.47 bits per heavy atom. The molecular formula is C24H27N5O. The zero-order valence-electron chi connectivity index (χ0n) is 18.0. The zero-order chi connectivity index (χ0) is 21.1. The van der Waals surface area contributed by atoms with Crippen LogP contribution in [0.4, 0.5) is 0 Å². The Bertz CT molecular complexity index is 1120. The fourth-order valence-corrected chi connectivity index (χ4v) is 3.33. The van der Waals surface area contributed by atoms with Crippen LogP contribution in [0.3, 0.4) is 0 Å². The minimum absolute atomic E-state index is 0.443. The summed E-state index contributed by atoms with van der Waals surface area (Å²) in [7, 11) is 0. The summed E-state index contributed by atoms with van der Waals surface area (Å²) in [6.07, 6.45) is 5.21. The Morgan fingerprint density at radius 2 is 1.73 bits per heavy atom. The number of benzene rings is 2. The van der Waals surface area contributed by atoms with Gasteiger partial charge in [-0.1, -0.05) is 44.5 Å². The minimum atomic E-state index is 0.443. The highest BCUT2D eigenvalue weighted by Crippen LogP contribution is 2.29. The summed E-state index contributed by atoms with van der Waals surface area (Å²) < 4.78 is 7.81. The standard InChI is InChI=1S/C24H27N5O/c1-5-6-7-20-15-29(28-25-20)21-12-10-18(11-13-21)23-26-27-24(30-23)22-14-19(16(2)3)9-8-17(22)4/h8-16H,5-7H2,1-4H3. The minimum Gasteiger partial charge on any atom is -0.416 e. The Balaban J connectivity index is 1.56. The molecule has 0 atom stereocenters. The molecular weight excluding hydrogens is 374 g/mol. The molecule has 0 aliphatic heterocycles. The lowest BCUT2D eigenvalue weighted by molar-refractivity contribution is 0.584. The van der Waals surface area contributed by atoms with Crippen LogP contribution < -0.4 is 0 Å². The Labute approximate surface area is 177 Å². The van der Waals surface area contributed by atoms with Crippen molar-refractivity contribution < 1.29 is 4.42 Å². The number of hydrogen-bond donors (Lipinski definition) is 0. The van der Waals surface area contributed by atoms with E-state index in [-0.39, 0.29) is 0 Å². The molecule has 0 N–H and O–H groups in total. The van der Waals surface area contributed by atoms with Crippen molar-refractivity contribution in [3.8, 4) is 28.6 Å². The van der Waals surface area contributed by atoms with Gasteiger partial charge < -0.3 is 4.42 Å². The van der Waals surface area contributed by atoms with Crippen LogP contribution in [0.1, 0.15) is 56.4 Å². The Morgan fingerprint density at radius 1 is 0.967 bits per heavy atom. The van der Waals surface area contributed by atoms with Crippen molar-refractivity contribution in [1.82, 2.24) is 25.2 Å². The van der Waals surface area contributed by atoms with Crippen molar-refractivity contribution in [3.05, 3.63) is 65.5 Å². The highest BCUT2D eigenvalue weighted by Gasteiger charge is 2.14. The van der Waals surface area contributed by atoms with Crippen LogP contribution in [-0.4, -0.2) is 25.2 Å². The largest absolute Gasteiger partial charge is 0.416 e. The van der Waals surface area contributed by atoms with E-state index in [0.717, 1.165) is 47.3 Å². The second-order valence-electron chi connectivity index (χ2n) is 7.95. The summed E-state index contributed by atoms with van der Waals surface area (Å²) in [5.41, 5.74) is 6.21. The molecule has 0 aliphatic rings. The van der Waals surface area contributed by atoms with Gasteiger partial charge in [0.25, 0.3) is 0 Å². The predicted octanol–water partition coefficient (Wildman–Crippen LogP) is 5.76. The van der Waals surface area contributed by atoms with Crippen LogP contribution >= 0.6 is 0 Å². The van der Waals surface area contributed by atoms with Crippen molar-refractivity contribution in [3.63, 3.8) is 0 Å². The molecule has 0 saturated carbocycles. The SMILES string of the molecule is CCCCc1cn(-c2ccc(-c3nnc(-c4cc(C(C)C)ccc4C)o3)cc2)nn1. The van der Waals surface area contributed by atoms with Gasteiger partial charge in [0.05, 0.1) is 17.6 Å². The monoisotopic (exact) mass is 401 g/mol. The number of rotatable bonds is 7. The normalized spacial score (nSPS) is 11.4. The number of aryl methyl sites for hydroxylation is 2. The summed E-state index contributed by atoms with van der Waals surface area (Å²) in [6.45, 7) is 8.59. The van der Waals surface area contributed by atoms with Crippen molar-refractivity contribution in [2.75, 3.05) is 0 Å². The first-order chi connectivity index (χ1) is 14.5. The lowest BCUT2D eigenvalue weighted by Crippen LogP contribution is -1.94. The van der Waals surface area contributed by atoms with Crippen LogP contribution in [0.2, 0.25) is 0 Å². The Hall–Kier alpha value is -3.28. The second kappa shape index (κ2) is 8.61. The van der Waals surface area contributed by atoms with E-state index in [0.29, 0.717) is 17.7 Å². The van der Waals surface area contributed by atoms with E-state index in [1.165, 1.54) is 5.56 Å². The quantitative estimate of drug-likeness (QED) is 0.394. The van der Waals surface area contributed by atoms with E-state index in [9.17, 15) is 0 Å². The molecule has 0 amide bonds. The third kappa shape index (κ3) is 4.17. The van der Waals surface area contributed by atoms with Gasteiger partial charge in [-0.3, -0.25) is 0 Å². The highest BCUT2D eigenvalue weighted by atomic mass is 16.4. The van der Waals surface area contributed by atoms with Gasteiger partial charge >= 0.3 is 0 Å². The molecule has 0 aliphatic carbocycles. The van der Waals surface area contributed by atoms with Gasteiger partial charge in [-0.05, 0) is 67.1 Å². The average Bonchev–Trinajstić information content (AvgIpc) is 3.42. The van der Waals surface area contributed by atoms with Gasteiger partial charge in [0.1, 0.15) is 0 Å². The van der Waals surface area contributed by atoms with Crippen LogP contribution in [-0.2, 0) is 6.42 Å². The topological polar surface area (TPSA) is 69.6 Å². The number of unbranched alkanes of at least 4 members (excludes halogenated alkanes) is 1. The number of aromatic nitrogens is 5. The van der Waals surface area contributed by atoms with Gasteiger partial charge in [-0.15, -0.1) is 15.3 Å². The first-order valence-electron chi connectivity index (χ1n) is 10.5. The fraction of sp³-hybridized carbons (Fsp3) is 0.333. The molecule has 0 unspecified atom stereocenters. The molecule has 0 radical (unpaired) electrons. The van der Waals surface area contributed by atoms with Crippen LogP contribution in [0.25, 0.3) is 28.6 Å². The van der Waals surface area contributed by atoms with E-state index < -0.39 is 0 Å². The van der Waals surface area contributed by atoms with Crippen molar-refractivity contribution in [2.45, 2.75) is 52.9 Å². The molecule has 0 spiro atoms. The summed E-state index contributed by atoms with van der Waals surface area (Å²) in [4.78, 5) is 0. The maximum Gasteiger partial charge on any atom is 0.248 e. The maximum atomic E-state index is 6.01. The van der Waals surface area contributed by atoms with E-state index in [4.69, 9.17) is 4.42 Å². The molecule has 0 fully saturated rings. The number of hydrogen-bond acceptors (Lipinski definition) is 5. The molecule has 2 heterocycles. The van der Waals surface area contributed by atoms with Gasteiger partial charge in [0, 0.05) is 11.1 Å². The smallest absolute Gasteiger partial charge is 0.248 e. The van der Waals surface area contributed by atoms with E-state index in [2.05, 4.69) is 66.4 Å². The summed E-state index contributed by atoms with van der Waals surface area (Å²) in [5.74, 6) is 1.50. The zero-order valence-corrected chi connectivity index (χ0v) is 18.0. The highest BCUT2D eigenvalue weighted by molar-refractivity contribution is 5.62. The average molecular weight is 402 g/mol. The van der Waals surface area contributed by atoms with Crippen LogP contribution in [0.15, 0.2) is 53.1 Å². The lowest BCUT2D eigenvalue weighted by Gasteiger charge is -2.08. The van der Waals surface area contributed by atoms with Gasteiger partial charge in [-0.25, -0.2) is 4.68 Å². The third-order valence-corrected chi connectivity index (χ3v) is 5.29. The van der Waals surface area contributed by atoms with Gasteiger partial charge in [0.2, 0.25) is 11.8 Å². The number of nitrogens with zero attached hydrogens (tertiary/aromatic N) is 5. The molecule has 2 aromatic carbocycles. The van der Waals surface area contributed by atoms with E-state index >= 15 is 0 Å². The fourth-order valence-electron chi connectivity index (χ4n) is 3.33. The van der Waals surface area contributed by atoms with Crippen LogP contribution in [0, 0.1) is 6.92 Å². The summed E-state index contributed by atoms with van der Waals surface area (Å²) in [6, 6.07) is 14.3. The maximum absolute atomic E-state index is 6.01. The molecule has 6 nitrogen and oxygen atoms in total. The Kier molecular flexibility index (Phi) is 5.74. The first-order valence-corrected chi connectivity index (χ1v) is 10.5. The molecule has 154 valence electrons. The molecule has 6 heteroatoms. The van der Waals surface area contributed by atoms with Crippen LogP contribution in [0.5, 0.6) is 0 Å². The first kappa shape index (κ1) is 20.0.